The Labute approximate surface area is 113 Å². The van der Waals surface area contributed by atoms with E-state index in [4.69, 9.17) is 0 Å². The number of phenolic OH excluding ortho intramolecular Hbond substituents is 1. The fraction of sp³-hybridized carbons (Fsp3) is 0. The maximum Gasteiger partial charge on any atom is 0.356 e. The number of phenols is 1. The summed E-state index contributed by atoms with van der Waals surface area (Å²) in [5.41, 5.74) is 0.933. The van der Waals surface area contributed by atoms with Gasteiger partial charge in [-0.3, -0.25) is 4.40 Å². The topological polar surface area (TPSA) is 95.1 Å². The van der Waals surface area contributed by atoms with Gasteiger partial charge in [-0.15, -0.1) is 0 Å². The van der Waals surface area contributed by atoms with Crippen molar-refractivity contribution in [3.05, 3.63) is 48.3 Å². The van der Waals surface area contributed by atoms with Gasteiger partial charge in [0, 0.05) is 5.56 Å². The third-order valence-electron chi connectivity index (χ3n) is 2.95. The smallest absolute Gasteiger partial charge is 0.356 e. The summed E-state index contributed by atoms with van der Waals surface area (Å²) in [7, 11) is 0. The lowest BCUT2D eigenvalue weighted by Gasteiger charge is -2.02. The number of benzene rings is 1. The highest BCUT2D eigenvalue weighted by Gasteiger charge is 2.17. The number of carboxylic acids is 1. The van der Waals surface area contributed by atoms with Crippen molar-refractivity contribution < 1.29 is 20.1 Å². The molecular weight excluding hydrogens is 260 g/mol. The summed E-state index contributed by atoms with van der Waals surface area (Å²) < 4.78 is 1.51. The first kappa shape index (κ1) is 12.0. The Morgan fingerprint density at radius 2 is 1.65 bits per heavy atom. The minimum Gasteiger partial charge on any atom is -0.508 e. The zero-order valence-electron chi connectivity index (χ0n) is 10.2. The fourth-order valence-corrected chi connectivity index (χ4v) is 2.05. The fourth-order valence-electron chi connectivity index (χ4n) is 2.05. The van der Waals surface area contributed by atoms with Gasteiger partial charge in [-0.2, -0.15) is 0 Å². The summed E-state index contributed by atoms with van der Waals surface area (Å²) in [6, 6.07) is 9.12. The molecule has 20 heavy (non-hydrogen) atoms. The van der Waals surface area contributed by atoms with E-state index in [9.17, 15) is 20.1 Å². The molecule has 0 saturated heterocycles. The van der Waals surface area contributed by atoms with E-state index in [2.05, 4.69) is 4.98 Å². The Kier molecular flexibility index (Phi) is 2.57. The van der Waals surface area contributed by atoms with E-state index in [1.807, 2.05) is 0 Å². The summed E-state index contributed by atoms with van der Waals surface area (Å²) in [6.45, 7) is 0. The SMILES string of the molecule is O=C(O)c1nc(-c2ccc(O)cc2)n2cc(O)ccc12. The van der Waals surface area contributed by atoms with Crippen molar-refractivity contribution in [2.24, 2.45) is 0 Å². The number of carbonyl (C=O) groups is 1. The number of carboxylic acid groups (broad SMARTS) is 1. The van der Waals surface area contributed by atoms with Crippen molar-refractivity contribution in [3.63, 3.8) is 0 Å². The highest BCUT2D eigenvalue weighted by atomic mass is 16.4. The summed E-state index contributed by atoms with van der Waals surface area (Å²) in [5, 5.41) is 28.0. The Morgan fingerprint density at radius 1 is 1.00 bits per heavy atom. The first-order valence-corrected chi connectivity index (χ1v) is 5.80. The number of imidazole rings is 1. The standard InChI is InChI=1S/C14H10N2O4/c17-9-3-1-8(2-4-9)13-15-12(14(19)20)11-6-5-10(18)7-16(11)13/h1-7,17-18H,(H,19,20). The van der Waals surface area contributed by atoms with Crippen LogP contribution in [-0.2, 0) is 0 Å². The lowest BCUT2D eigenvalue weighted by molar-refractivity contribution is 0.0693. The van der Waals surface area contributed by atoms with Gasteiger partial charge in [0.2, 0.25) is 0 Å². The predicted octanol–water partition coefficient (Wildman–Crippen LogP) is 2.11. The number of hydrogen-bond acceptors (Lipinski definition) is 4. The largest absolute Gasteiger partial charge is 0.508 e. The van der Waals surface area contributed by atoms with E-state index in [0.29, 0.717) is 16.9 Å². The zero-order chi connectivity index (χ0) is 14.3. The monoisotopic (exact) mass is 270 g/mol. The number of pyridine rings is 1. The van der Waals surface area contributed by atoms with E-state index >= 15 is 0 Å². The third kappa shape index (κ3) is 1.83. The van der Waals surface area contributed by atoms with Crippen LogP contribution >= 0.6 is 0 Å². The molecule has 0 spiro atoms. The molecule has 0 fully saturated rings. The second-order valence-electron chi connectivity index (χ2n) is 4.28. The normalized spacial score (nSPS) is 10.8. The van der Waals surface area contributed by atoms with Crippen LogP contribution < -0.4 is 0 Å². The van der Waals surface area contributed by atoms with Gasteiger partial charge >= 0.3 is 5.97 Å². The van der Waals surface area contributed by atoms with Crippen LogP contribution in [0.2, 0.25) is 0 Å². The molecule has 3 rings (SSSR count). The van der Waals surface area contributed by atoms with Gasteiger partial charge in [0.1, 0.15) is 17.3 Å². The molecule has 3 aromatic rings. The summed E-state index contributed by atoms with van der Waals surface area (Å²) in [6.07, 6.45) is 1.40. The number of aromatic hydroxyl groups is 2. The summed E-state index contributed by atoms with van der Waals surface area (Å²) in [4.78, 5) is 15.3. The second-order valence-corrected chi connectivity index (χ2v) is 4.28. The van der Waals surface area contributed by atoms with Crippen LogP contribution in [0.5, 0.6) is 11.5 Å². The highest BCUT2D eigenvalue weighted by molar-refractivity contribution is 5.95. The van der Waals surface area contributed by atoms with Gasteiger partial charge in [-0.1, -0.05) is 0 Å². The highest BCUT2D eigenvalue weighted by Crippen LogP contribution is 2.26. The molecule has 0 aliphatic carbocycles. The van der Waals surface area contributed by atoms with Crippen molar-refractivity contribution in [2.45, 2.75) is 0 Å². The Bertz CT molecular complexity index is 806. The Morgan fingerprint density at radius 3 is 2.30 bits per heavy atom. The summed E-state index contributed by atoms with van der Waals surface area (Å²) >= 11 is 0. The second kappa shape index (κ2) is 4.27. The van der Waals surface area contributed by atoms with Crippen LogP contribution in [-0.4, -0.2) is 30.7 Å². The van der Waals surface area contributed by atoms with Crippen LogP contribution in [0, 0.1) is 0 Å². The van der Waals surface area contributed by atoms with Crippen molar-refractivity contribution in [1.29, 1.82) is 0 Å². The van der Waals surface area contributed by atoms with E-state index in [1.165, 1.54) is 34.9 Å². The molecule has 0 atom stereocenters. The molecule has 6 heteroatoms. The molecule has 0 amide bonds. The molecule has 0 bridgehead atoms. The zero-order valence-corrected chi connectivity index (χ0v) is 10.2. The lowest BCUT2D eigenvalue weighted by atomic mass is 10.2. The first-order chi connectivity index (χ1) is 9.56. The van der Waals surface area contributed by atoms with E-state index < -0.39 is 5.97 Å². The van der Waals surface area contributed by atoms with Crippen LogP contribution in [0.1, 0.15) is 10.5 Å². The van der Waals surface area contributed by atoms with Crippen molar-refractivity contribution in [1.82, 2.24) is 9.38 Å². The van der Waals surface area contributed by atoms with Crippen LogP contribution in [0.3, 0.4) is 0 Å². The minimum absolute atomic E-state index is 0.00636. The molecule has 2 aromatic heterocycles. The van der Waals surface area contributed by atoms with Crippen molar-refractivity contribution >= 4 is 11.5 Å². The molecule has 0 radical (unpaired) electrons. The number of fused-ring (bicyclic) bond motifs is 1. The number of hydrogen-bond donors (Lipinski definition) is 3. The molecule has 3 N–H and O–H groups in total. The minimum atomic E-state index is -1.14. The van der Waals surface area contributed by atoms with Gasteiger partial charge in [-0.05, 0) is 36.4 Å². The van der Waals surface area contributed by atoms with Crippen LogP contribution in [0.15, 0.2) is 42.6 Å². The van der Waals surface area contributed by atoms with Gasteiger partial charge in [0.25, 0.3) is 0 Å². The maximum atomic E-state index is 11.2. The number of aromatic nitrogens is 2. The van der Waals surface area contributed by atoms with E-state index in [1.54, 1.807) is 12.1 Å². The summed E-state index contributed by atoms with van der Waals surface area (Å²) in [5.74, 6) is -0.644. The molecule has 0 aliphatic rings. The van der Waals surface area contributed by atoms with Gasteiger partial charge in [0.15, 0.2) is 5.69 Å². The molecule has 2 heterocycles. The van der Waals surface area contributed by atoms with Gasteiger partial charge < -0.3 is 15.3 Å². The molecule has 0 aliphatic heterocycles. The number of aromatic carboxylic acids is 1. The van der Waals surface area contributed by atoms with E-state index in [-0.39, 0.29) is 17.2 Å². The van der Waals surface area contributed by atoms with Crippen molar-refractivity contribution in [2.75, 3.05) is 0 Å². The lowest BCUT2D eigenvalue weighted by Crippen LogP contribution is -1.97. The average Bonchev–Trinajstić information content (AvgIpc) is 2.78. The molecule has 1 aromatic carbocycles. The molecule has 0 unspecified atom stereocenters. The third-order valence-corrected chi connectivity index (χ3v) is 2.95. The number of rotatable bonds is 2. The molecule has 6 nitrogen and oxygen atoms in total. The molecule has 0 saturated carbocycles. The molecular formula is C14H10N2O4. The van der Waals surface area contributed by atoms with Gasteiger partial charge in [0.05, 0.1) is 11.7 Å². The van der Waals surface area contributed by atoms with Gasteiger partial charge in [-0.25, -0.2) is 9.78 Å². The number of nitrogens with zero attached hydrogens (tertiary/aromatic N) is 2. The van der Waals surface area contributed by atoms with Crippen LogP contribution in [0.4, 0.5) is 0 Å². The quantitative estimate of drug-likeness (QED) is 0.663. The average molecular weight is 270 g/mol. The predicted molar refractivity (Wildman–Crippen MR) is 70.9 cm³/mol. The molecule has 100 valence electrons. The Balaban J connectivity index is 2.32. The van der Waals surface area contributed by atoms with Crippen molar-refractivity contribution in [3.8, 4) is 22.9 Å². The Hall–Kier alpha value is -3.02. The maximum absolute atomic E-state index is 11.2. The first-order valence-electron chi connectivity index (χ1n) is 5.80. The van der Waals surface area contributed by atoms with Crippen LogP contribution in [0.25, 0.3) is 16.9 Å². The van der Waals surface area contributed by atoms with E-state index in [0.717, 1.165) is 0 Å².